The second-order valence-electron chi connectivity index (χ2n) is 4.37. The molecule has 0 fully saturated rings. The molecule has 0 bridgehead atoms. The third-order valence-electron chi connectivity index (χ3n) is 3.24. The monoisotopic (exact) mass is 258 g/mol. The molecule has 0 aliphatic carbocycles. The van der Waals surface area contributed by atoms with Crippen molar-refractivity contribution < 1.29 is 9.53 Å². The van der Waals surface area contributed by atoms with Crippen LogP contribution in [0.1, 0.15) is 36.1 Å². The number of aromatic nitrogens is 2. The fourth-order valence-electron chi connectivity index (χ4n) is 2.09. The highest BCUT2D eigenvalue weighted by Gasteiger charge is 2.18. The van der Waals surface area contributed by atoms with Crippen molar-refractivity contribution >= 4 is 5.78 Å². The van der Waals surface area contributed by atoms with E-state index >= 15 is 0 Å². The van der Waals surface area contributed by atoms with Crippen LogP contribution in [0.3, 0.4) is 0 Å². The van der Waals surface area contributed by atoms with Crippen LogP contribution in [0.4, 0.5) is 0 Å². The van der Waals surface area contributed by atoms with Crippen molar-refractivity contribution in [2.75, 3.05) is 7.11 Å². The van der Waals surface area contributed by atoms with Gasteiger partial charge in [0, 0.05) is 24.4 Å². The van der Waals surface area contributed by atoms with Gasteiger partial charge in [0.25, 0.3) is 0 Å². The minimum atomic E-state index is -0.245. The summed E-state index contributed by atoms with van der Waals surface area (Å²) >= 11 is 0. The van der Waals surface area contributed by atoms with E-state index < -0.39 is 0 Å². The third-order valence-corrected chi connectivity index (χ3v) is 3.24. The van der Waals surface area contributed by atoms with E-state index in [1.165, 1.54) is 0 Å². The molecule has 100 valence electrons. The molecule has 1 heterocycles. The summed E-state index contributed by atoms with van der Waals surface area (Å²) in [6.07, 6.45) is 4.40. The maximum Gasteiger partial charge on any atom is 0.185 e. The van der Waals surface area contributed by atoms with Gasteiger partial charge < -0.3 is 9.30 Å². The molecule has 0 radical (unpaired) electrons. The van der Waals surface area contributed by atoms with Crippen LogP contribution in [0, 0.1) is 0 Å². The molecule has 4 heteroatoms. The molecule has 0 amide bonds. The van der Waals surface area contributed by atoms with E-state index in [4.69, 9.17) is 4.74 Å². The number of methoxy groups -OCH3 is 1. The number of carbonyl (C=O) groups is 1. The van der Waals surface area contributed by atoms with Crippen LogP contribution in [-0.4, -0.2) is 22.4 Å². The van der Waals surface area contributed by atoms with Crippen molar-refractivity contribution in [3.63, 3.8) is 0 Å². The topological polar surface area (TPSA) is 44.1 Å². The zero-order chi connectivity index (χ0) is 13.8. The summed E-state index contributed by atoms with van der Waals surface area (Å²) < 4.78 is 7.01. The lowest BCUT2D eigenvalue weighted by Gasteiger charge is -2.15. The first kappa shape index (κ1) is 13.3. The predicted molar refractivity (Wildman–Crippen MR) is 73.6 cm³/mol. The molecule has 0 aliphatic rings. The number of ether oxygens (including phenoxy) is 1. The number of ketones is 1. The van der Waals surface area contributed by atoms with Gasteiger partial charge in [-0.3, -0.25) is 4.79 Å². The molecule has 2 rings (SSSR count). The normalized spacial score (nSPS) is 12.2. The van der Waals surface area contributed by atoms with Crippen LogP contribution >= 0.6 is 0 Å². The number of hydrogen-bond donors (Lipinski definition) is 0. The zero-order valence-corrected chi connectivity index (χ0v) is 11.5. The van der Waals surface area contributed by atoms with Gasteiger partial charge in [-0.25, -0.2) is 4.98 Å². The van der Waals surface area contributed by atoms with E-state index in [0.717, 1.165) is 18.0 Å². The Morgan fingerprint density at radius 1 is 1.37 bits per heavy atom. The Bertz CT molecular complexity index is 558. The van der Waals surface area contributed by atoms with Crippen LogP contribution in [0.5, 0.6) is 5.75 Å². The summed E-state index contributed by atoms with van der Waals surface area (Å²) in [7, 11) is 1.61. The van der Waals surface area contributed by atoms with Crippen molar-refractivity contribution in [2.24, 2.45) is 0 Å². The first-order valence-corrected chi connectivity index (χ1v) is 6.37. The molecular formula is C15H18N2O2. The Labute approximate surface area is 113 Å². The van der Waals surface area contributed by atoms with Gasteiger partial charge in [0.1, 0.15) is 11.6 Å². The minimum absolute atomic E-state index is 0.0790. The third kappa shape index (κ3) is 2.67. The smallest absolute Gasteiger partial charge is 0.185 e. The summed E-state index contributed by atoms with van der Waals surface area (Å²) in [5, 5.41) is 0. The molecule has 19 heavy (non-hydrogen) atoms. The average Bonchev–Trinajstić information content (AvgIpc) is 2.94. The lowest BCUT2D eigenvalue weighted by molar-refractivity contribution is 0.0933. The SMILES string of the molecule is CCc1nccn1C(C)C(=O)c1ccc(OC)cc1. The zero-order valence-electron chi connectivity index (χ0n) is 11.5. The number of rotatable bonds is 5. The van der Waals surface area contributed by atoms with Gasteiger partial charge in [-0.15, -0.1) is 0 Å². The van der Waals surface area contributed by atoms with Gasteiger partial charge >= 0.3 is 0 Å². The van der Waals surface area contributed by atoms with Crippen molar-refractivity contribution in [3.8, 4) is 5.75 Å². The minimum Gasteiger partial charge on any atom is -0.497 e. The van der Waals surface area contributed by atoms with E-state index in [1.807, 2.05) is 24.6 Å². The number of aryl methyl sites for hydroxylation is 1. The first-order valence-electron chi connectivity index (χ1n) is 6.37. The van der Waals surface area contributed by atoms with E-state index in [9.17, 15) is 4.79 Å². The predicted octanol–water partition coefficient (Wildman–Crippen LogP) is 2.90. The van der Waals surface area contributed by atoms with E-state index in [1.54, 1.807) is 37.6 Å². The maximum absolute atomic E-state index is 12.4. The summed E-state index contributed by atoms with van der Waals surface area (Å²) in [5.41, 5.74) is 0.684. The number of benzene rings is 1. The number of hydrogen-bond acceptors (Lipinski definition) is 3. The van der Waals surface area contributed by atoms with E-state index in [0.29, 0.717) is 5.56 Å². The van der Waals surface area contributed by atoms with Crippen molar-refractivity contribution in [1.29, 1.82) is 0 Å². The summed E-state index contributed by atoms with van der Waals surface area (Å²) in [6, 6.07) is 6.94. The average molecular weight is 258 g/mol. The Hall–Kier alpha value is -2.10. The van der Waals surface area contributed by atoms with Crippen molar-refractivity contribution in [2.45, 2.75) is 26.3 Å². The quantitative estimate of drug-likeness (QED) is 0.774. The van der Waals surface area contributed by atoms with Crippen LogP contribution in [0.2, 0.25) is 0 Å². The first-order chi connectivity index (χ1) is 9.17. The molecule has 0 N–H and O–H groups in total. The second kappa shape index (κ2) is 5.69. The molecule has 0 saturated heterocycles. The lowest BCUT2D eigenvalue weighted by Crippen LogP contribution is -2.18. The van der Waals surface area contributed by atoms with Crippen LogP contribution < -0.4 is 4.74 Å². The number of carbonyl (C=O) groups excluding carboxylic acids is 1. The summed E-state index contributed by atoms with van der Waals surface area (Å²) in [4.78, 5) is 16.7. The summed E-state index contributed by atoms with van der Waals surface area (Å²) in [6.45, 7) is 3.93. The number of imidazole rings is 1. The molecule has 1 unspecified atom stereocenters. The Kier molecular flexibility index (Phi) is 4.00. The molecule has 1 aromatic heterocycles. The van der Waals surface area contributed by atoms with Gasteiger partial charge in [0.05, 0.1) is 13.2 Å². The van der Waals surface area contributed by atoms with Crippen LogP contribution in [0.15, 0.2) is 36.7 Å². The van der Waals surface area contributed by atoms with Gasteiger partial charge in [-0.2, -0.15) is 0 Å². The molecule has 0 spiro atoms. The van der Waals surface area contributed by atoms with Crippen LogP contribution in [-0.2, 0) is 6.42 Å². The number of Topliss-reactive ketones (excluding diaryl/α,β-unsaturated/α-hetero) is 1. The molecular weight excluding hydrogens is 240 g/mol. The van der Waals surface area contributed by atoms with Gasteiger partial charge in [0.15, 0.2) is 5.78 Å². The largest absolute Gasteiger partial charge is 0.497 e. The van der Waals surface area contributed by atoms with Gasteiger partial charge in [-0.1, -0.05) is 6.92 Å². The summed E-state index contributed by atoms with van der Waals surface area (Å²) in [5.74, 6) is 1.76. The fourth-order valence-corrected chi connectivity index (χ4v) is 2.09. The highest BCUT2D eigenvalue weighted by atomic mass is 16.5. The van der Waals surface area contributed by atoms with Crippen molar-refractivity contribution in [1.82, 2.24) is 9.55 Å². The molecule has 1 atom stereocenters. The maximum atomic E-state index is 12.4. The Balaban J connectivity index is 2.23. The molecule has 2 aromatic rings. The molecule has 0 saturated carbocycles. The molecule has 4 nitrogen and oxygen atoms in total. The molecule has 1 aromatic carbocycles. The Morgan fingerprint density at radius 3 is 2.63 bits per heavy atom. The highest BCUT2D eigenvalue weighted by Crippen LogP contribution is 2.18. The van der Waals surface area contributed by atoms with E-state index in [-0.39, 0.29) is 11.8 Å². The van der Waals surface area contributed by atoms with E-state index in [2.05, 4.69) is 4.98 Å². The number of nitrogens with zero attached hydrogens (tertiary/aromatic N) is 2. The Morgan fingerprint density at radius 2 is 2.05 bits per heavy atom. The second-order valence-corrected chi connectivity index (χ2v) is 4.37. The lowest BCUT2D eigenvalue weighted by atomic mass is 10.1. The standard InChI is InChI=1S/C15H18N2O2/c1-4-14-16-9-10-17(14)11(2)15(18)12-5-7-13(19-3)8-6-12/h5-11H,4H2,1-3H3. The van der Waals surface area contributed by atoms with Crippen LogP contribution in [0.25, 0.3) is 0 Å². The van der Waals surface area contributed by atoms with Crippen molar-refractivity contribution in [3.05, 3.63) is 48.0 Å². The van der Waals surface area contributed by atoms with Gasteiger partial charge in [-0.05, 0) is 31.2 Å². The highest BCUT2D eigenvalue weighted by molar-refractivity contribution is 5.98. The van der Waals surface area contributed by atoms with Gasteiger partial charge in [0.2, 0.25) is 0 Å². The molecule has 0 aliphatic heterocycles. The fraction of sp³-hybridized carbons (Fsp3) is 0.333.